The smallest absolute Gasteiger partial charge is 0.251 e. The average molecular weight is 620 g/mol. The molecular weight excluding hydrogens is 584 g/mol. The number of alkyl halides is 1. The number of carbonyl (C=O) groups is 1. The van der Waals surface area contributed by atoms with Gasteiger partial charge in [-0.15, -0.1) is 0 Å². The fourth-order valence-corrected chi connectivity index (χ4v) is 5.80. The van der Waals surface area contributed by atoms with Crippen LogP contribution in [-0.4, -0.2) is 108 Å². The Kier molecular flexibility index (Phi) is 9.07. The Balaban J connectivity index is 1.10. The lowest BCUT2D eigenvalue weighted by molar-refractivity contribution is -0.143. The number of amides is 1. The van der Waals surface area contributed by atoms with Gasteiger partial charge in [0.25, 0.3) is 5.91 Å². The third-order valence-electron chi connectivity index (χ3n) is 8.49. The van der Waals surface area contributed by atoms with E-state index >= 15 is 0 Å². The van der Waals surface area contributed by atoms with E-state index in [0.717, 1.165) is 57.0 Å². The molecule has 6 rings (SSSR count). The van der Waals surface area contributed by atoms with Gasteiger partial charge < -0.3 is 29.7 Å². The van der Waals surface area contributed by atoms with Crippen molar-refractivity contribution >= 4 is 23.2 Å². The molecule has 0 unspecified atom stereocenters. The highest BCUT2D eigenvalue weighted by Gasteiger charge is 2.34. The van der Waals surface area contributed by atoms with Gasteiger partial charge in [0, 0.05) is 56.1 Å². The molecule has 0 radical (unpaired) electrons. The van der Waals surface area contributed by atoms with Crippen LogP contribution in [0.2, 0.25) is 0 Å². The molecule has 11 nitrogen and oxygen atoms in total. The second-order valence-corrected chi connectivity index (χ2v) is 11.5. The standard InChI is InChI=1S/C32H35F2N7O4/c1-20(42)31(43)41-9-8-29(27(34)17-41)45-28-7-2-21(14-22(28)15-35)30-26(33)16-36-32(38-30)37-23-3-5-24(6-4-23)39-10-12-40(13-11-39)25-18-44-19-25/h2-7,14,16,20,25,27,29,42H,8-13,17-19H2,1H3,(H,36,37,38)/t20-,27+,29-/m0/s1. The molecule has 3 fully saturated rings. The van der Waals surface area contributed by atoms with Crippen molar-refractivity contribution in [2.75, 3.05) is 62.7 Å². The molecule has 0 aliphatic carbocycles. The van der Waals surface area contributed by atoms with E-state index in [2.05, 4.69) is 25.1 Å². The van der Waals surface area contributed by atoms with E-state index in [1.807, 2.05) is 30.3 Å². The second-order valence-electron chi connectivity index (χ2n) is 11.5. The number of carbonyl (C=O) groups excluding carboxylic acids is 1. The lowest BCUT2D eigenvalue weighted by Crippen LogP contribution is -2.56. The van der Waals surface area contributed by atoms with Gasteiger partial charge in [-0.3, -0.25) is 9.69 Å². The second kappa shape index (κ2) is 13.3. The van der Waals surface area contributed by atoms with Crippen molar-refractivity contribution in [3.05, 3.63) is 60.0 Å². The van der Waals surface area contributed by atoms with Crippen LogP contribution < -0.4 is 15.0 Å². The summed E-state index contributed by atoms with van der Waals surface area (Å²) >= 11 is 0. The molecule has 45 heavy (non-hydrogen) atoms. The van der Waals surface area contributed by atoms with Gasteiger partial charge in [-0.25, -0.2) is 18.7 Å². The van der Waals surface area contributed by atoms with Crippen LogP contribution in [0.1, 0.15) is 18.9 Å². The van der Waals surface area contributed by atoms with E-state index in [-0.39, 0.29) is 42.5 Å². The monoisotopic (exact) mass is 619 g/mol. The Morgan fingerprint density at radius 3 is 2.56 bits per heavy atom. The van der Waals surface area contributed by atoms with Gasteiger partial charge in [-0.05, 0) is 49.4 Å². The third-order valence-corrected chi connectivity index (χ3v) is 8.49. The number of nitrogens with one attached hydrogen (secondary N) is 1. The van der Waals surface area contributed by atoms with Gasteiger partial charge in [0.05, 0.1) is 37.6 Å². The number of benzene rings is 2. The number of aliphatic hydroxyl groups excluding tert-OH is 1. The molecule has 0 saturated carbocycles. The number of hydrogen-bond acceptors (Lipinski definition) is 10. The lowest BCUT2D eigenvalue weighted by atomic mass is 10.0. The van der Waals surface area contributed by atoms with Crippen molar-refractivity contribution in [1.29, 1.82) is 5.26 Å². The number of anilines is 3. The van der Waals surface area contributed by atoms with E-state index in [1.165, 1.54) is 24.0 Å². The van der Waals surface area contributed by atoms with Crippen molar-refractivity contribution in [2.45, 2.75) is 37.8 Å². The molecule has 2 aromatic carbocycles. The summed E-state index contributed by atoms with van der Waals surface area (Å²) < 4.78 is 40.9. The number of likely N-dealkylation sites (tertiary alicyclic amines) is 1. The quantitative estimate of drug-likeness (QED) is 0.388. The van der Waals surface area contributed by atoms with Crippen molar-refractivity contribution < 1.29 is 28.2 Å². The zero-order valence-corrected chi connectivity index (χ0v) is 24.9. The van der Waals surface area contributed by atoms with E-state index in [0.29, 0.717) is 11.6 Å². The van der Waals surface area contributed by atoms with Gasteiger partial charge in [0.15, 0.2) is 12.0 Å². The molecule has 3 saturated heterocycles. The predicted octanol–water partition coefficient (Wildman–Crippen LogP) is 3.12. The SMILES string of the molecule is C[C@H](O)C(=O)N1CC[C@H](Oc2ccc(-c3nc(Nc4ccc(N5CCN(C6COC6)CC5)cc4)ncc3F)cc2C#N)[C@H](F)C1. The van der Waals surface area contributed by atoms with E-state index in [1.54, 1.807) is 6.07 Å². The highest BCUT2D eigenvalue weighted by molar-refractivity contribution is 5.80. The van der Waals surface area contributed by atoms with Crippen LogP contribution >= 0.6 is 0 Å². The van der Waals surface area contributed by atoms with Gasteiger partial charge in [0.2, 0.25) is 5.95 Å². The lowest BCUT2D eigenvalue weighted by Gasteiger charge is -2.43. The summed E-state index contributed by atoms with van der Waals surface area (Å²) in [5, 5.41) is 22.4. The Bertz CT molecular complexity index is 1560. The topological polar surface area (TPSA) is 127 Å². The molecule has 3 aliphatic heterocycles. The van der Waals surface area contributed by atoms with Gasteiger partial charge in [-0.2, -0.15) is 5.26 Å². The number of hydrogen-bond donors (Lipinski definition) is 2. The number of aromatic nitrogens is 2. The number of halogens is 2. The normalized spacial score (nSPS) is 21.5. The van der Waals surface area contributed by atoms with E-state index in [9.17, 15) is 23.9 Å². The average Bonchev–Trinajstić information content (AvgIpc) is 3.02. The fourth-order valence-electron chi connectivity index (χ4n) is 5.80. The van der Waals surface area contributed by atoms with Crippen molar-refractivity contribution in [3.63, 3.8) is 0 Å². The maximum absolute atomic E-state index is 14.9. The molecule has 0 bridgehead atoms. The molecule has 3 aliphatic rings. The van der Waals surface area contributed by atoms with Crippen LogP contribution in [0.5, 0.6) is 5.75 Å². The number of rotatable bonds is 8. The van der Waals surface area contributed by atoms with Crippen LogP contribution in [-0.2, 0) is 9.53 Å². The molecular formula is C32H35F2N7O4. The Hall–Kier alpha value is -4.38. The van der Waals surface area contributed by atoms with Crippen molar-refractivity contribution in [1.82, 2.24) is 19.8 Å². The highest BCUT2D eigenvalue weighted by atomic mass is 19.1. The minimum atomic E-state index is -1.51. The van der Waals surface area contributed by atoms with Crippen LogP contribution in [0, 0.1) is 17.1 Å². The zero-order valence-electron chi connectivity index (χ0n) is 24.9. The molecule has 3 aromatic rings. The zero-order chi connectivity index (χ0) is 31.5. The highest BCUT2D eigenvalue weighted by Crippen LogP contribution is 2.31. The largest absolute Gasteiger partial charge is 0.486 e. The summed E-state index contributed by atoms with van der Waals surface area (Å²) in [5.74, 6) is -0.871. The first-order chi connectivity index (χ1) is 21.8. The number of piperidine rings is 1. The molecule has 0 spiro atoms. The summed E-state index contributed by atoms with van der Waals surface area (Å²) in [6.07, 6.45) is -2.35. The Labute approximate surface area is 260 Å². The van der Waals surface area contributed by atoms with Crippen LogP contribution in [0.15, 0.2) is 48.7 Å². The van der Waals surface area contributed by atoms with E-state index < -0.39 is 30.1 Å². The summed E-state index contributed by atoms with van der Waals surface area (Å²) in [4.78, 5) is 26.6. The minimum absolute atomic E-state index is 0.00443. The minimum Gasteiger partial charge on any atom is -0.486 e. The third kappa shape index (κ3) is 6.83. The van der Waals surface area contributed by atoms with Crippen LogP contribution in [0.4, 0.5) is 26.1 Å². The predicted molar refractivity (Wildman–Crippen MR) is 162 cm³/mol. The van der Waals surface area contributed by atoms with Gasteiger partial charge >= 0.3 is 0 Å². The molecule has 1 amide bonds. The first-order valence-electron chi connectivity index (χ1n) is 15.1. The Morgan fingerprint density at radius 1 is 1.16 bits per heavy atom. The van der Waals surface area contributed by atoms with Gasteiger partial charge in [0.1, 0.15) is 29.7 Å². The van der Waals surface area contributed by atoms with Crippen molar-refractivity contribution in [3.8, 4) is 23.1 Å². The number of nitrogens with zero attached hydrogens (tertiary/aromatic N) is 6. The molecule has 3 atom stereocenters. The van der Waals surface area contributed by atoms with Crippen LogP contribution in [0.3, 0.4) is 0 Å². The summed E-state index contributed by atoms with van der Waals surface area (Å²) in [5.41, 5.74) is 2.28. The summed E-state index contributed by atoms with van der Waals surface area (Å²) in [7, 11) is 0. The number of ether oxygens (including phenoxy) is 2. The van der Waals surface area contributed by atoms with E-state index in [4.69, 9.17) is 9.47 Å². The maximum Gasteiger partial charge on any atom is 0.251 e. The molecule has 2 N–H and O–H groups in total. The Morgan fingerprint density at radius 2 is 1.91 bits per heavy atom. The number of piperazine rings is 1. The first-order valence-corrected chi connectivity index (χ1v) is 15.1. The molecule has 4 heterocycles. The van der Waals surface area contributed by atoms with Gasteiger partial charge in [-0.1, -0.05) is 0 Å². The summed E-state index contributed by atoms with van der Waals surface area (Å²) in [6, 6.07) is 15.0. The van der Waals surface area contributed by atoms with Crippen LogP contribution in [0.25, 0.3) is 11.3 Å². The number of aliphatic hydroxyl groups is 1. The maximum atomic E-state index is 14.9. The fraction of sp³-hybridized carbons (Fsp3) is 0.438. The molecule has 1 aromatic heterocycles. The molecule has 236 valence electrons. The molecule has 13 heteroatoms. The van der Waals surface area contributed by atoms with Crippen molar-refractivity contribution in [2.24, 2.45) is 0 Å². The number of nitriles is 1. The first kappa shape index (κ1) is 30.6. The summed E-state index contributed by atoms with van der Waals surface area (Å²) in [6.45, 7) is 6.88.